The predicted octanol–water partition coefficient (Wildman–Crippen LogP) is 4.79. The maximum absolute atomic E-state index is 11.7. The van der Waals surface area contributed by atoms with Crippen molar-refractivity contribution in [3.05, 3.63) is 51.0 Å². The van der Waals surface area contributed by atoms with Gasteiger partial charge in [0.25, 0.3) is 0 Å². The third-order valence-corrected chi connectivity index (χ3v) is 3.37. The summed E-state index contributed by atoms with van der Waals surface area (Å²) in [4.78, 5) is 15.7. The maximum atomic E-state index is 11.7. The molecule has 1 aromatic carbocycles. The van der Waals surface area contributed by atoms with E-state index in [0.717, 1.165) is 4.47 Å². The van der Waals surface area contributed by atoms with Crippen LogP contribution in [0, 0.1) is 0 Å². The van der Waals surface area contributed by atoms with Crippen LogP contribution >= 0.6 is 39.1 Å². The molecule has 2 rings (SSSR count). The average Bonchev–Trinajstić information content (AvgIpc) is 2.34. The normalized spacial score (nSPS) is 10.1. The number of hydrogen-bond donors (Lipinski definition) is 2. The summed E-state index contributed by atoms with van der Waals surface area (Å²) in [6.07, 6.45) is 1.58. The van der Waals surface area contributed by atoms with Crippen LogP contribution in [-0.2, 0) is 0 Å². The lowest BCUT2D eigenvalue weighted by Gasteiger charge is -2.07. The maximum Gasteiger partial charge on any atom is 0.324 e. The first-order chi connectivity index (χ1) is 9.04. The minimum absolute atomic E-state index is 0.375. The molecule has 0 aliphatic carbocycles. The van der Waals surface area contributed by atoms with Crippen LogP contribution in [0.25, 0.3) is 0 Å². The molecule has 0 saturated carbocycles. The SMILES string of the molecule is O=C(Nc1ccc(Cl)c(Cl)c1)Nc1cc(Br)ccn1. The molecule has 19 heavy (non-hydrogen) atoms. The van der Waals surface area contributed by atoms with Gasteiger partial charge >= 0.3 is 6.03 Å². The number of aromatic nitrogens is 1. The molecule has 1 aromatic heterocycles. The second-order valence-electron chi connectivity index (χ2n) is 3.57. The zero-order valence-corrected chi connectivity index (χ0v) is 12.6. The van der Waals surface area contributed by atoms with Crippen molar-refractivity contribution < 1.29 is 4.79 Å². The minimum atomic E-state index is -0.413. The lowest BCUT2D eigenvalue weighted by Crippen LogP contribution is -2.20. The number of urea groups is 1. The number of amides is 2. The van der Waals surface area contributed by atoms with Crippen LogP contribution < -0.4 is 10.6 Å². The first-order valence-corrected chi connectivity index (χ1v) is 6.74. The van der Waals surface area contributed by atoms with Crippen LogP contribution in [-0.4, -0.2) is 11.0 Å². The topological polar surface area (TPSA) is 54.0 Å². The largest absolute Gasteiger partial charge is 0.324 e. The summed E-state index contributed by atoms with van der Waals surface area (Å²) < 4.78 is 0.826. The molecule has 2 N–H and O–H groups in total. The van der Waals surface area contributed by atoms with Gasteiger partial charge in [0.2, 0.25) is 0 Å². The Balaban J connectivity index is 2.03. The van der Waals surface area contributed by atoms with Crippen LogP contribution in [0.2, 0.25) is 10.0 Å². The van der Waals surface area contributed by atoms with Crippen molar-refractivity contribution in [1.82, 2.24) is 4.98 Å². The highest BCUT2D eigenvalue weighted by Crippen LogP contribution is 2.25. The number of pyridine rings is 1. The lowest BCUT2D eigenvalue weighted by molar-refractivity contribution is 0.262. The van der Waals surface area contributed by atoms with Gasteiger partial charge in [-0.15, -0.1) is 0 Å². The Morgan fingerprint density at radius 1 is 1.11 bits per heavy atom. The molecule has 0 atom stereocenters. The fraction of sp³-hybridized carbons (Fsp3) is 0. The highest BCUT2D eigenvalue weighted by molar-refractivity contribution is 9.10. The second kappa shape index (κ2) is 6.23. The molecule has 0 aliphatic heterocycles. The number of carbonyl (C=O) groups excluding carboxylic acids is 1. The van der Waals surface area contributed by atoms with Crippen LogP contribution in [0.5, 0.6) is 0 Å². The third-order valence-electron chi connectivity index (χ3n) is 2.14. The summed E-state index contributed by atoms with van der Waals surface area (Å²) in [5.74, 6) is 0.437. The number of halogens is 3. The van der Waals surface area contributed by atoms with Gasteiger partial charge in [0.1, 0.15) is 5.82 Å². The fourth-order valence-electron chi connectivity index (χ4n) is 1.33. The average molecular weight is 361 g/mol. The van der Waals surface area contributed by atoms with Gasteiger partial charge in [-0.2, -0.15) is 0 Å². The first-order valence-electron chi connectivity index (χ1n) is 5.19. The molecule has 1 heterocycles. The summed E-state index contributed by atoms with van der Waals surface area (Å²) in [7, 11) is 0. The number of nitrogens with one attached hydrogen (secondary N) is 2. The zero-order valence-electron chi connectivity index (χ0n) is 9.45. The molecular formula is C12H8BrCl2N3O. The zero-order chi connectivity index (χ0) is 13.8. The van der Waals surface area contributed by atoms with E-state index in [-0.39, 0.29) is 0 Å². The molecule has 98 valence electrons. The molecule has 0 bridgehead atoms. The van der Waals surface area contributed by atoms with Crippen molar-refractivity contribution in [2.75, 3.05) is 10.6 Å². The van der Waals surface area contributed by atoms with Gasteiger partial charge in [-0.25, -0.2) is 9.78 Å². The van der Waals surface area contributed by atoms with E-state index in [9.17, 15) is 4.79 Å². The summed E-state index contributed by atoms with van der Waals surface area (Å²) in [5.41, 5.74) is 0.543. The fourth-order valence-corrected chi connectivity index (χ4v) is 1.96. The van der Waals surface area contributed by atoms with Gasteiger partial charge in [0, 0.05) is 16.4 Å². The van der Waals surface area contributed by atoms with Crippen molar-refractivity contribution in [2.24, 2.45) is 0 Å². The van der Waals surface area contributed by atoms with Crippen molar-refractivity contribution in [3.8, 4) is 0 Å². The first kappa shape index (κ1) is 14.1. The van der Waals surface area contributed by atoms with Gasteiger partial charge in [-0.3, -0.25) is 5.32 Å². The van der Waals surface area contributed by atoms with Crippen molar-refractivity contribution in [3.63, 3.8) is 0 Å². The molecule has 0 unspecified atom stereocenters. The van der Waals surface area contributed by atoms with E-state index in [1.54, 1.807) is 36.5 Å². The van der Waals surface area contributed by atoms with Crippen LogP contribution in [0.15, 0.2) is 41.0 Å². The molecule has 2 aromatic rings. The molecule has 0 saturated heterocycles. The number of hydrogen-bond acceptors (Lipinski definition) is 2. The van der Waals surface area contributed by atoms with E-state index in [1.165, 1.54) is 0 Å². The highest BCUT2D eigenvalue weighted by Gasteiger charge is 2.05. The monoisotopic (exact) mass is 359 g/mol. The second-order valence-corrected chi connectivity index (χ2v) is 5.30. The number of benzene rings is 1. The third kappa shape index (κ3) is 4.09. The van der Waals surface area contributed by atoms with Crippen molar-refractivity contribution in [2.45, 2.75) is 0 Å². The van der Waals surface area contributed by atoms with Gasteiger partial charge in [-0.1, -0.05) is 39.1 Å². The summed E-state index contributed by atoms with van der Waals surface area (Å²) in [5, 5.41) is 6.03. The Kier molecular flexibility index (Phi) is 4.63. The Morgan fingerprint density at radius 3 is 2.58 bits per heavy atom. The van der Waals surface area contributed by atoms with Gasteiger partial charge < -0.3 is 5.32 Å². The van der Waals surface area contributed by atoms with Gasteiger partial charge in [-0.05, 0) is 30.3 Å². The Labute approximate surface area is 128 Å². The van der Waals surface area contributed by atoms with Gasteiger partial charge in [0.15, 0.2) is 0 Å². The Morgan fingerprint density at radius 2 is 1.89 bits per heavy atom. The van der Waals surface area contributed by atoms with Crippen LogP contribution in [0.1, 0.15) is 0 Å². The smallest absolute Gasteiger partial charge is 0.308 e. The van der Waals surface area contributed by atoms with E-state index in [0.29, 0.717) is 21.6 Å². The van der Waals surface area contributed by atoms with E-state index >= 15 is 0 Å². The summed E-state index contributed by atoms with van der Waals surface area (Å²) in [6, 6.07) is 7.87. The number of rotatable bonds is 2. The van der Waals surface area contributed by atoms with Crippen molar-refractivity contribution >= 4 is 56.7 Å². The number of anilines is 2. The van der Waals surface area contributed by atoms with E-state index in [2.05, 4.69) is 31.5 Å². The van der Waals surface area contributed by atoms with Crippen LogP contribution in [0.4, 0.5) is 16.3 Å². The quantitative estimate of drug-likeness (QED) is 0.808. The number of carbonyl (C=O) groups is 1. The van der Waals surface area contributed by atoms with E-state index < -0.39 is 6.03 Å². The molecule has 0 spiro atoms. The molecule has 2 amide bonds. The minimum Gasteiger partial charge on any atom is -0.308 e. The van der Waals surface area contributed by atoms with Crippen LogP contribution in [0.3, 0.4) is 0 Å². The molecule has 7 heteroatoms. The molecule has 4 nitrogen and oxygen atoms in total. The number of nitrogens with zero attached hydrogens (tertiary/aromatic N) is 1. The Hall–Kier alpha value is -1.30. The van der Waals surface area contributed by atoms with Gasteiger partial charge in [0.05, 0.1) is 10.0 Å². The lowest BCUT2D eigenvalue weighted by atomic mass is 10.3. The standard InChI is InChI=1S/C12H8BrCl2N3O/c13-7-3-4-16-11(5-7)18-12(19)17-8-1-2-9(14)10(15)6-8/h1-6H,(H2,16,17,18,19). The van der Waals surface area contributed by atoms with E-state index in [4.69, 9.17) is 23.2 Å². The Bertz CT molecular complexity index is 622. The predicted molar refractivity (Wildman–Crippen MR) is 81.0 cm³/mol. The molecule has 0 radical (unpaired) electrons. The summed E-state index contributed by atoms with van der Waals surface area (Å²) in [6.45, 7) is 0. The molecular weight excluding hydrogens is 353 g/mol. The molecule has 0 fully saturated rings. The van der Waals surface area contributed by atoms with E-state index in [1.807, 2.05) is 0 Å². The van der Waals surface area contributed by atoms with Crippen molar-refractivity contribution in [1.29, 1.82) is 0 Å². The highest BCUT2D eigenvalue weighted by atomic mass is 79.9. The molecule has 0 aliphatic rings. The summed E-state index contributed by atoms with van der Waals surface area (Å²) >= 11 is 14.9.